The van der Waals surface area contributed by atoms with Gasteiger partial charge in [0.15, 0.2) is 5.69 Å². The van der Waals surface area contributed by atoms with Gasteiger partial charge in [0.2, 0.25) is 0 Å². The van der Waals surface area contributed by atoms with Crippen LogP contribution in [-0.2, 0) is 13.2 Å². The molecule has 8 heteroatoms. The number of alkyl halides is 3. The van der Waals surface area contributed by atoms with Crippen molar-refractivity contribution in [3.8, 4) is 11.1 Å². The highest BCUT2D eigenvalue weighted by Gasteiger charge is 2.40. The number of carbonyl (C=O) groups excluding carboxylic acids is 1. The van der Waals surface area contributed by atoms with Gasteiger partial charge in [-0.1, -0.05) is 6.07 Å². The van der Waals surface area contributed by atoms with E-state index < -0.39 is 17.8 Å². The van der Waals surface area contributed by atoms with Crippen molar-refractivity contribution in [1.82, 2.24) is 14.8 Å². The van der Waals surface area contributed by atoms with Gasteiger partial charge in [0.05, 0.1) is 0 Å². The maximum absolute atomic E-state index is 13.3. The number of primary amides is 1. The quantitative estimate of drug-likeness (QED) is 0.761. The first kappa shape index (κ1) is 15.1. The first-order chi connectivity index (χ1) is 10.7. The van der Waals surface area contributed by atoms with E-state index in [0.717, 1.165) is 21.3 Å². The molecule has 2 aromatic heterocycles. The number of benzene rings is 1. The Morgan fingerprint density at radius 1 is 1.30 bits per heavy atom. The number of carbonyl (C=O) groups is 1. The highest BCUT2D eigenvalue weighted by atomic mass is 19.4. The van der Waals surface area contributed by atoms with E-state index in [1.54, 1.807) is 12.1 Å². The van der Waals surface area contributed by atoms with Crippen molar-refractivity contribution in [1.29, 1.82) is 0 Å². The molecule has 0 aliphatic rings. The SMILES string of the molecule is Cc1cc2cc(-c3c(C(F)(F)F)nn(C)c3C(N)=O)ccc2[nH]1. The molecule has 5 nitrogen and oxygen atoms in total. The summed E-state index contributed by atoms with van der Waals surface area (Å²) in [5.41, 5.74) is 5.48. The number of aromatic amines is 1. The van der Waals surface area contributed by atoms with E-state index in [4.69, 9.17) is 5.73 Å². The van der Waals surface area contributed by atoms with Crippen LogP contribution in [0.2, 0.25) is 0 Å². The molecule has 0 bridgehead atoms. The monoisotopic (exact) mass is 322 g/mol. The third kappa shape index (κ3) is 2.45. The van der Waals surface area contributed by atoms with Crippen LogP contribution in [0.3, 0.4) is 0 Å². The number of nitrogens with zero attached hydrogens (tertiary/aromatic N) is 2. The number of amides is 1. The maximum atomic E-state index is 13.3. The lowest BCUT2D eigenvalue weighted by Gasteiger charge is -2.08. The molecule has 0 unspecified atom stereocenters. The van der Waals surface area contributed by atoms with E-state index in [1.165, 1.54) is 13.1 Å². The standard InChI is InChI=1S/C15H13F3N4O/c1-7-5-9-6-8(3-4-10(9)20-7)11-12(14(19)23)22(2)21-13(11)15(16,17)18/h3-6,20H,1-2H3,(H2,19,23). The lowest BCUT2D eigenvalue weighted by atomic mass is 10.0. The molecule has 0 radical (unpaired) electrons. The van der Waals surface area contributed by atoms with Gasteiger partial charge in [0, 0.05) is 29.2 Å². The van der Waals surface area contributed by atoms with Crippen molar-refractivity contribution < 1.29 is 18.0 Å². The molecule has 1 aromatic carbocycles. The Morgan fingerprint density at radius 2 is 2.00 bits per heavy atom. The van der Waals surface area contributed by atoms with Crippen LogP contribution in [0.25, 0.3) is 22.0 Å². The van der Waals surface area contributed by atoms with Crippen molar-refractivity contribution in [2.75, 3.05) is 0 Å². The van der Waals surface area contributed by atoms with Crippen molar-refractivity contribution >= 4 is 16.8 Å². The molecule has 1 amide bonds. The second-order valence-electron chi connectivity index (χ2n) is 5.31. The smallest absolute Gasteiger partial charge is 0.364 e. The molecule has 120 valence electrons. The van der Waals surface area contributed by atoms with Gasteiger partial charge < -0.3 is 10.7 Å². The Bertz CT molecular complexity index is 921. The number of fused-ring (bicyclic) bond motifs is 1. The van der Waals surface area contributed by atoms with Gasteiger partial charge in [-0.3, -0.25) is 9.48 Å². The average molecular weight is 322 g/mol. The van der Waals surface area contributed by atoms with Crippen LogP contribution < -0.4 is 5.73 Å². The van der Waals surface area contributed by atoms with Gasteiger partial charge in [-0.05, 0) is 30.7 Å². The summed E-state index contributed by atoms with van der Waals surface area (Å²) < 4.78 is 40.7. The number of nitrogens with two attached hydrogens (primary N) is 1. The predicted molar refractivity (Wildman–Crippen MR) is 78.8 cm³/mol. The minimum atomic E-state index is -4.69. The molecule has 0 aliphatic heterocycles. The van der Waals surface area contributed by atoms with E-state index >= 15 is 0 Å². The highest BCUT2D eigenvalue weighted by molar-refractivity contribution is 6.00. The van der Waals surface area contributed by atoms with Crippen LogP contribution in [0.4, 0.5) is 13.2 Å². The number of hydrogen-bond donors (Lipinski definition) is 2. The molecular weight excluding hydrogens is 309 g/mol. The zero-order valence-electron chi connectivity index (χ0n) is 12.3. The Hall–Kier alpha value is -2.77. The number of aryl methyl sites for hydroxylation is 2. The second-order valence-corrected chi connectivity index (χ2v) is 5.31. The van der Waals surface area contributed by atoms with Gasteiger partial charge in [-0.2, -0.15) is 18.3 Å². The zero-order valence-corrected chi connectivity index (χ0v) is 12.3. The van der Waals surface area contributed by atoms with Crippen molar-refractivity contribution in [2.45, 2.75) is 13.1 Å². The number of nitrogens with one attached hydrogen (secondary N) is 1. The summed E-state index contributed by atoms with van der Waals surface area (Å²) in [4.78, 5) is 14.7. The molecule has 2 heterocycles. The summed E-state index contributed by atoms with van der Waals surface area (Å²) >= 11 is 0. The van der Waals surface area contributed by atoms with Crippen molar-refractivity contribution in [2.24, 2.45) is 12.8 Å². The molecule has 0 atom stereocenters. The predicted octanol–water partition coefficient (Wildman–Crippen LogP) is 2.99. The van der Waals surface area contributed by atoms with Crippen molar-refractivity contribution in [3.63, 3.8) is 0 Å². The van der Waals surface area contributed by atoms with Crippen molar-refractivity contribution in [3.05, 3.63) is 41.3 Å². The largest absolute Gasteiger partial charge is 0.435 e. The Kier molecular flexibility index (Phi) is 3.20. The Morgan fingerprint density at radius 3 is 2.61 bits per heavy atom. The molecule has 0 spiro atoms. The molecule has 0 fully saturated rings. The zero-order chi connectivity index (χ0) is 16.9. The molecule has 23 heavy (non-hydrogen) atoms. The summed E-state index contributed by atoms with van der Waals surface area (Å²) in [7, 11) is 1.26. The minimum absolute atomic E-state index is 0.241. The molecule has 3 aromatic rings. The molecule has 0 aliphatic carbocycles. The van der Waals surface area contributed by atoms with Gasteiger partial charge in [0.1, 0.15) is 5.69 Å². The fraction of sp³-hybridized carbons (Fsp3) is 0.200. The summed E-state index contributed by atoms with van der Waals surface area (Å²) in [6.45, 7) is 1.85. The Labute approximate surface area is 128 Å². The normalized spacial score (nSPS) is 12.0. The third-order valence-corrected chi connectivity index (χ3v) is 3.59. The summed E-state index contributed by atoms with van der Waals surface area (Å²) in [5.74, 6) is -0.962. The lowest BCUT2D eigenvalue weighted by molar-refractivity contribution is -0.140. The highest BCUT2D eigenvalue weighted by Crippen LogP contribution is 2.39. The number of H-pyrrole nitrogens is 1. The van der Waals surface area contributed by atoms with Gasteiger partial charge in [0.25, 0.3) is 5.91 Å². The summed E-state index contributed by atoms with van der Waals surface area (Å²) in [5, 5.41) is 4.19. The number of rotatable bonds is 2. The molecular formula is C15H13F3N4O. The first-order valence-electron chi connectivity index (χ1n) is 6.72. The third-order valence-electron chi connectivity index (χ3n) is 3.59. The fourth-order valence-corrected chi connectivity index (χ4v) is 2.71. The number of halogens is 3. The average Bonchev–Trinajstić information content (AvgIpc) is 2.96. The molecule has 0 saturated heterocycles. The van der Waals surface area contributed by atoms with Crippen LogP contribution in [0.1, 0.15) is 21.9 Å². The molecule has 3 N–H and O–H groups in total. The lowest BCUT2D eigenvalue weighted by Crippen LogP contribution is -2.16. The van der Waals surface area contributed by atoms with Crippen LogP contribution >= 0.6 is 0 Å². The number of aromatic nitrogens is 3. The molecule has 0 saturated carbocycles. The fourth-order valence-electron chi connectivity index (χ4n) is 2.71. The van der Waals surface area contributed by atoms with E-state index in [2.05, 4.69) is 10.1 Å². The second kappa shape index (κ2) is 4.87. The van der Waals surface area contributed by atoms with E-state index in [0.29, 0.717) is 0 Å². The van der Waals surface area contributed by atoms with Gasteiger partial charge in [-0.15, -0.1) is 0 Å². The van der Waals surface area contributed by atoms with Crippen LogP contribution in [0.15, 0.2) is 24.3 Å². The van der Waals surface area contributed by atoms with E-state index in [-0.39, 0.29) is 16.8 Å². The van der Waals surface area contributed by atoms with Crippen LogP contribution in [0, 0.1) is 6.92 Å². The number of hydrogen-bond acceptors (Lipinski definition) is 2. The summed E-state index contributed by atoms with van der Waals surface area (Å²) in [6.07, 6.45) is -4.69. The Balaban J connectivity index is 2.33. The molecule has 3 rings (SSSR count). The topological polar surface area (TPSA) is 76.7 Å². The van der Waals surface area contributed by atoms with Gasteiger partial charge in [-0.25, -0.2) is 0 Å². The van der Waals surface area contributed by atoms with E-state index in [9.17, 15) is 18.0 Å². The maximum Gasteiger partial charge on any atom is 0.435 e. The minimum Gasteiger partial charge on any atom is -0.364 e. The first-order valence-corrected chi connectivity index (χ1v) is 6.72. The van der Waals surface area contributed by atoms with Gasteiger partial charge >= 0.3 is 6.18 Å². The van der Waals surface area contributed by atoms with E-state index in [1.807, 2.05) is 13.0 Å². The van der Waals surface area contributed by atoms with Crippen LogP contribution in [-0.4, -0.2) is 20.7 Å². The van der Waals surface area contributed by atoms with Crippen LogP contribution in [0.5, 0.6) is 0 Å². The summed E-state index contributed by atoms with van der Waals surface area (Å²) in [6, 6.07) is 6.57.